The molecule has 2 atom stereocenters. The molecule has 154 valence electrons. The van der Waals surface area contributed by atoms with E-state index in [1.807, 2.05) is 24.3 Å². The van der Waals surface area contributed by atoms with E-state index in [0.29, 0.717) is 0 Å². The number of aliphatic hydroxyl groups excluding tert-OH is 2. The van der Waals surface area contributed by atoms with Crippen LogP contribution < -0.4 is 0 Å². The van der Waals surface area contributed by atoms with Gasteiger partial charge in [-0.1, -0.05) is 12.1 Å². The highest BCUT2D eigenvalue weighted by molar-refractivity contribution is 14.1. The highest BCUT2D eigenvalue weighted by Gasteiger charge is 2.49. The lowest BCUT2D eigenvalue weighted by Gasteiger charge is -2.40. The topological polar surface area (TPSA) is 85.2 Å². The smallest absolute Gasteiger partial charge is 0.307 e. The Morgan fingerprint density at radius 2 is 1.52 bits per heavy atom. The minimum absolute atomic E-state index is 0.186. The predicted molar refractivity (Wildman–Crippen MR) is 111 cm³/mol. The van der Waals surface area contributed by atoms with Gasteiger partial charge in [-0.2, -0.15) is 0 Å². The van der Waals surface area contributed by atoms with Gasteiger partial charge in [-0.3, -0.25) is 4.79 Å². The standard InChI is InChI=1S/C20H31IO6/c1-6-25-17(23)20(18(24)26-7-2,13-16(22)27-19(3,4)5)12-14-8-10-15(21)11-9-14/h8-11,17-18,23-24H,6-7,12-13H2,1-5H3. The van der Waals surface area contributed by atoms with Gasteiger partial charge in [0.15, 0.2) is 12.6 Å². The molecule has 0 aliphatic carbocycles. The summed E-state index contributed by atoms with van der Waals surface area (Å²) in [5.41, 5.74) is -1.24. The Bertz CT molecular complexity index is 569. The van der Waals surface area contributed by atoms with Crippen molar-refractivity contribution < 1.29 is 29.2 Å². The normalized spacial score (nSPS) is 16.4. The average Bonchev–Trinajstić information content (AvgIpc) is 2.54. The molecule has 0 saturated carbocycles. The first kappa shape index (κ1) is 24.3. The Kier molecular flexibility index (Phi) is 9.64. The molecule has 2 unspecified atom stereocenters. The van der Waals surface area contributed by atoms with Crippen LogP contribution in [0.4, 0.5) is 0 Å². The zero-order valence-corrected chi connectivity index (χ0v) is 18.9. The summed E-state index contributed by atoms with van der Waals surface area (Å²) < 4.78 is 17.3. The molecule has 0 aliphatic heterocycles. The Morgan fingerprint density at radius 3 is 1.93 bits per heavy atom. The Labute approximate surface area is 175 Å². The molecule has 1 rings (SSSR count). The SMILES string of the molecule is CCOC(O)C(CC(=O)OC(C)(C)C)(Cc1ccc(I)cc1)C(O)OCC. The molecule has 0 aromatic heterocycles. The Balaban J connectivity index is 3.28. The number of carbonyl (C=O) groups excluding carboxylic acids is 1. The fourth-order valence-electron chi connectivity index (χ4n) is 2.81. The van der Waals surface area contributed by atoms with Gasteiger partial charge in [0, 0.05) is 16.8 Å². The quantitative estimate of drug-likeness (QED) is 0.295. The molecule has 0 radical (unpaired) electrons. The largest absolute Gasteiger partial charge is 0.460 e. The van der Waals surface area contributed by atoms with Crippen LogP contribution in [0, 0.1) is 8.99 Å². The number of hydrogen-bond donors (Lipinski definition) is 2. The molecule has 0 heterocycles. The van der Waals surface area contributed by atoms with Gasteiger partial charge in [0.05, 0.1) is 11.8 Å². The molecule has 27 heavy (non-hydrogen) atoms. The maximum Gasteiger partial charge on any atom is 0.307 e. The third kappa shape index (κ3) is 7.65. The van der Waals surface area contributed by atoms with Crippen molar-refractivity contribution in [3.05, 3.63) is 33.4 Å². The summed E-state index contributed by atoms with van der Waals surface area (Å²) in [6.07, 6.45) is -2.88. The van der Waals surface area contributed by atoms with Crippen LogP contribution in [0.2, 0.25) is 0 Å². The van der Waals surface area contributed by atoms with Crippen molar-refractivity contribution in [1.29, 1.82) is 0 Å². The lowest BCUT2D eigenvalue weighted by Crippen LogP contribution is -2.51. The molecule has 6 nitrogen and oxygen atoms in total. The number of halogens is 1. The van der Waals surface area contributed by atoms with Crippen molar-refractivity contribution in [1.82, 2.24) is 0 Å². The number of esters is 1. The van der Waals surface area contributed by atoms with E-state index in [0.717, 1.165) is 9.13 Å². The molecule has 0 spiro atoms. The van der Waals surface area contributed by atoms with Gasteiger partial charge in [0.25, 0.3) is 0 Å². The Morgan fingerprint density at radius 1 is 1.04 bits per heavy atom. The van der Waals surface area contributed by atoms with Crippen molar-refractivity contribution >= 4 is 28.6 Å². The van der Waals surface area contributed by atoms with Crippen LogP contribution in [0.5, 0.6) is 0 Å². The maximum absolute atomic E-state index is 12.6. The molecule has 0 fully saturated rings. The van der Waals surface area contributed by atoms with Crippen molar-refractivity contribution in [3.8, 4) is 0 Å². The number of rotatable bonds is 10. The molecule has 1 aromatic rings. The second-order valence-corrected chi connectivity index (χ2v) is 8.66. The van der Waals surface area contributed by atoms with Gasteiger partial charge in [-0.15, -0.1) is 0 Å². The summed E-state index contributed by atoms with van der Waals surface area (Å²) in [7, 11) is 0. The number of aliphatic hydroxyl groups is 2. The number of ether oxygens (including phenoxy) is 3. The monoisotopic (exact) mass is 494 g/mol. The molecular formula is C20H31IO6. The van der Waals surface area contributed by atoms with Crippen molar-refractivity contribution in [2.24, 2.45) is 5.41 Å². The first-order chi connectivity index (χ1) is 12.5. The van der Waals surface area contributed by atoms with Gasteiger partial charge in [-0.05, 0) is 81.3 Å². The van der Waals surface area contributed by atoms with Gasteiger partial charge >= 0.3 is 5.97 Å². The fraction of sp³-hybridized carbons (Fsp3) is 0.650. The third-order valence-electron chi connectivity index (χ3n) is 3.97. The van der Waals surface area contributed by atoms with Gasteiger partial charge in [0.1, 0.15) is 5.60 Å². The van der Waals surface area contributed by atoms with Crippen molar-refractivity contribution in [2.45, 2.75) is 65.6 Å². The highest BCUT2D eigenvalue weighted by Crippen LogP contribution is 2.38. The number of hydrogen-bond acceptors (Lipinski definition) is 6. The predicted octanol–water partition coefficient (Wildman–Crippen LogP) is 3.26. The van der Waals surface area contributed by atoms with Crippen LogP contribution in [0.1, 0.15) is 46.6 Å². The molecular weight excluding hydrogens is 463 g/mol. The van der Waals surface area contributed by atoms with E-state index in [1.54, 1.807) is 34.6 Å². The average molecular weight is 494 g/mol. The third-order valence-corrected chi connectivity index (χ3v) is 4.69. The molecule has 0 bridgehead atoms. The van der Waals surface area contributed by atoms with Crippen LogP contribution in [-0.2, 0) is 25.4 Å². The van der Waals surface area contributed by atoms with E-state index in [4.69, 9.17) is 14.2 Å². The zero-order chi connectivity index (χ0) is 20.7. The second-order valence-electron chi connectivity index (χ2n) is 7.42. The lowest BCUT2D eigenvalue weighted by molar-refractivity contribution is -0.270. The summed E-state index contributed by atoms with van der Waals surface area (Å²) in [5.74, 6) is -0.537. The first-order valence-corrected chi connectivity index (χ1v) is 10.2. The van der Waals surface area contributed by atoms with E-state index in [1.165, 1.54) is 0 Å². The molecule has 1 aromatic carbocycles. The van der Waals surface area contributed by atoms with E-state index in [2.05, 4.69) is 22.6 Å². The van der Waals surface area contributed by atoms with Crippen LogP contribution in [-0.4, -0.2) is 47.6 Å². The minimum Gasteiger partial charge on any atom is -0.460 e. The summed E-state index contributed by atoms with van der Waals surface area (Å²) in [4.78, 5) is 12.6. The van der Waals surface area contributed by atoms with E-state index in [-0.39, 0.29) is 26.1 Å². The molecule has 0 amide bonds. The summed E-state index contributed by atoms with van der Waals surface area (Å²) in [6, 6.07) is 7.63. The van der Waals surface area contributed by atoms with Crippen LogP contribution in [0.15, 0.2) is 24.3 Å². The van der Waals surface area contributed by atoms with E-state index in [9.17, 15) is 15.0 Å². The van der Waals surface area contributed by atoms with Gasteiger partial charge < -0.3 is 24.4 Å². The highest BCUT2D eigenvalue weighted by atomic mass is 127. The van der Waals surface area contributed by atoms with Crippen LogP contribution in [0.25, 0.3) is 0 Å². The molecule has 7 heteroatoms. The lowest BCUT2D eigenvalue weighted by atomic mass is 9.76. The summed E-state index contributed by atoms with van der Waals surface area (Å²) in [6.45, 7) is 9.22. The van der Waals surface area contributed by atoms with Gasteiger partial charge in [0.2, 0.25) is 0 Å². The number of carbonyl (C=O) groups is 1. The summed E-state index contributed by atoms with van der Waals surface area (Å²) in [5, 5.41) is 21.5. The van der Waals surface area contributed by atoms with Crippen molar-refractivity contribution in [3.63, 3.8) is 0 Å². The van der Waals surface area contributed by atoms with E-state index >= 15 is 0 Å². The number of benzene rings is 1. The van der Waals surface area contributed by atoms with Gasteiger partial charge in [-0.25, -0.2) is 0 Å². The summed E-state index contributed by atoms with van der Waals surface area (Å²) >= 11 is 2.20. The molecule has 0 saturated heterocycles. The fourth-order valence-corrected chi connectivity index (χ4v) is 3.17. The van der Waals surface area contributed by atoms with Crippen LogP contribution in [0.3, 0.4) is 0 Å². The van der Waals surface area contributed by atoms with Crippen molar-refractivity contribution in [2.75, 3.05) is 13.2 Å². The van der Waals surface area contributed by atoms with E-state index < -0.39 is 29.6 Å². The minimum atomic E-state index is -1.41. The zero-order valence-electron chi connectivity index (χ0n) is 16.7. The maximum atomic E-state index is 12.6. The van der Waals surface area contributed by atoms with Crippen LogP contribution >= 0.6 is 22.6 Å². The molecule has 0 aliphatic rings. The first-order valence-electron chi connectivity index (χ1n) is 9.09. The Hall–Kier alpha value is -0.740. The molecule has 2 N–H and O–H groups in total. The second kappa shape index (κ2) is 10.7.